The number of imide groups is 1. The molecular weight excluding hydrogens is 258 g/mol. The molecule has 0 aromatic heterocycles. The van der Waals surface area contributed by atoms with Gasteiger partial charge in [0.1, 0.15) is 6.04 Å². The molecule has 5 nitrogen and oxygen atoms in total. The molecule has 1 saturated heterocycles. The van der Waals surface area contributed by atoms with E-state index in [0.29, 0.717) is 0 Å². The molecule has 106 valence electrons. The van der Waals surface area contributed by atoms with Crippen LogP contribution in [0.15, 0.2) is 0 Å². The Morgan fingerprint density at radius 2 is 1.84 bits per heavy atom. The lowest BCUT2D eigenvalue weighted by Gasteiger charge is -2.29. The molecule has 1 atom stereocenters. The second kappa shape index (κ2) is 5.22. The molecule has 0 bridgehead atoms. The number of hydrogen-bond donors (Lipinski definition) is 2. The van der Waals surface area contributed by atoms with Crippen LogP contribution in [-0.2, 0) is 14.4 Å². The molecule has 1 saturated carbocycles. The molecule has 2 fully saturated rings. The summed E-state index contributed by atoms with van der Waals surface area (Å²) < 4.78 is 25.9. The number of rotatable bonds is 2. The summed E-state index contributed by atoms with van der Waals surface area (Å²) in [6, 6.07) is -0.729. The second-order valence-electron chi connectivity index (χ2n) is 5.14. The fraction of sp³-hybridized carbons (Fsp3) is 0.750. The number of alkyl halides is 2. The maximum Gasteiger partial charge on any atom is 0.249 e. The SMILES string of the molecule is O=C1CCC(NC(=O)C2CCC(F)(F)CC2)C(=O)N1. The first-order chi connectivity index (χ1) is 8.87. The Bertz CT molecular complexity index is 402. The fourth-order valence-electron chi connectivity index (χ4n) is 2.42. The van der Waals surface area contributed by atoms with Gasteiger partial charge in [0.15, 0.2) is 0 Å². The number of piperidine rings is 1. The predicted molar refractivity (Wildman–Crippen MR) is 61.2 cm³/mol. The van der Waals surface area contributed by atoms with Crippen LogP contribution in [-0.4, -0.2) is 29.7 Å². The summed E-state index contributed by atoms with van der Waals surface area (Å²) in [5, 5.41) is 4.68. The van der Waals surface area contributed by atoms with Crippen molar-refractivity contribution in [1.29, 1.82) is 0 Å². The average Bonchev–Trinajstić information content (AvgIpc) is 2.32. The van der Waals surface area contributed by atoms with E-state index in [1.54, 1.807) is 0 Å². The zero-order valence-corrected chi connectivity index (χ0v) is 10.4. The molecule has 1 unspecified atom stereocenters. The van der Waals surface area contributed by atoms with Crippen LogP contribution < -0.4 is 10.6 Å². The molecule has 0 aromatic carbocycles. The van der Waals surface area contributed by atoms with Gasteiger partial charge in [0.2, 0.25) is 23.6 Å². The highest BCUT2D eigenvalue weighted by atomic mass is 19.3. The maximum atomic E-state index is 13.0. The van der Waals surface area contributed by atoms with Gasteiger partial charge in [0.05, 0.1) is 0 Å². The van der Waals surface area contributed by atoms with Crippen molar-refractivity contribution in [1.82, 2.24) is 10.6 Å². The lowest BCUT2D eigenvalue weighted by Crippen LogP contribution is -2.53. The van der Waals surface area contributed by atoms with Crippen LogP contribution in [0.4, 0.5) is 8.78 Å². The van der Waals surface area contributed by atoms with E-state index in [2.05, 4.69) is 10.6 Å². The van der Waals surface area contributed by atoms with Gasteiger partial charge in [-0.25, -0.2) is 8.78 Å². The van der Waals surface area contributed by atoms with Gasteiger partial charge in [-0.2, -0.15) is 0 Å². The van der Waals surface area contributed by atoms with Crippen molar-refractivity contribution in [2.24, 2.45) is 5.92 Å². The van der Waals surface area contributed by atoms with Gasteiger partial charge in [-0.3, -0.25) is 19.7 Å². The summed E-state index contributed by atoms with van der Waals surface area (Å²) in [6.07, 6.45) is 0.123. The number of carbonyl (C=O) groups is 3. The fourth-order valence-corrected chi connectivity index (χ4v) is 2.42. The van der Waals surface area contributed by atoms with E-state index in [-0.39, 0.29) is 50.3 Å². The standard InChI is InChI=1S/C12H16F2N2O3/c13-12(14)5-3-7(4-6-12)10(18)15-8-1-2-9(17)16-11(8)19/h7-8H,1-6H2,(H,15,18)(H,16,17,19). The Labute approximate surface area is 109 Å². The summed E-state index contributed by atoms with van der Waals surface area (Å²) >= 11 is 0. The van der Waals surface area contributed by atoms with Crippen molar-refractivity contribution >= 4 is 17.7 Å². The molecule has 7 heteroatoms. The van der Waals surface area contributed by atoms with E-state index < -0.39 is 23.8 Å². The van der Waals surface area contributed by atoms with Gasteiger partial charge in [-0.1, -0.05) is 0 Å². The predicted octanol–water partition coefficient (Wildman–Crippen LogP) is 0.733. The minimum Gasteiger partial charge on any atom is -0.344 e. The molecule has 0 aromatic rings. The second-order valence-corrected chi connectivity index (χ2v) is 5.14. The van der Waals surface area contributed by atoms with E-state index in [4.69, 9.17) is 0 Å². The highest BCUT2D eigenvalue weighted by molar-refractivity contribution is 6.01. The highest BCUT2D eigenvalue weighted by Gasteiger charge is 2.38. The Morgan fingerprint density at radius 3 is 2.42 bits per heavy atom. The summed E-state index contributed by atoms with van der Waals surface area (Å²) in [5.41, 5.74) is 0. The lowest BCUT2D eigenvalue weighted by atomic mass is 9.86. The van der Waals surface area contributed by atoms with Crippen molar-refractivity contribution in [2.45, 2.75) is 50.5 Å². The first-order valence-corrected chi connectivity index (χ1v) is 6.39. The van der Waals surface area contributed by atoms with Crippen LogP contribution in [0.25, 0.3) is 0 Å². The Hall–Kier alpha value is -1.53. The van der Waals surface area contributed by atoms with Crippen molar-refractivity contribution in [3.63, 3.8) is 0 Å². The van der Waals surface area contributed by atoms with Crippen LogP contribution in [0, 0.1) is 5.92 Å². The summed E-state index contributed by atoms with van der Waals surface area (Å²) in [7, 11) is 0. The zero-order valence-electron chi connectivity index (χ0n) is 10.4. The van der Waals surface area contributed by atoms with Crippen molar-refractivity contribution in [2.75, 3.05) is 0 Å². The lowest BCUT2D eigenvalue weighted by molar-refractivity contribution is -0.139. The van der Waals surface area contributed by atoms with Crippen molar-refractivity contribution < 1.29 is 23.2 Å². The number of hydrogen-bond acceptors (Lipinski definition) is 3. The molecule has 1 heterocycles. The van der Waals surface area contributed by atoms with Crippen LogP contribution in [0.5, 0.6) is 0 Å². The van der Waals surface area contributed by atoms with E-state index in [0.717, 1.165) is 0 Å². The van der Waals surface area contributed by atoms with Crippen LogP contribution in [0.3, 0.4) is 0 Å². The number of carbonyl (C=O) groups excluding carboxylic acids is 3. The van der Waals surface area contributed by atoms with E-state index in [1.807, 2.05) is 0 Å². The Balaban J connectivity index is 1.85. The van der Waals surface area contributed by atoms with Gasteiger partial charge in [-0.05, 0) is 19.3 Å². The molecule has 2 rings (SSSR count). The third kappa shape index (κ3) is 3.48. The van der Waals surface area contributed by atoms with Gasteiger partial charge in [0, 0.05) is 25.2 Å². The third-order valence-electron chi connectivity index (χ3n) is 3.64. The van der Waals surface area contributed by atoms with Crippen molar-refractivity contribution in [3.05, 3.63) is 0 Å². The molecule has 0 radical (unpaired) electrons. The minimum atomic E-state index is -2.68. The quantitative estimate of drug-likeness (QED) is 0.729. The summed E-state index contributed by atoms with van der Waals surface area (Å²) in [4.78, 5) is 34.3. The smallest absolute Gasteiger partial charge is 0.249 e. The first kappa shape index (κ1) is 13.9. The molecule has 2 N–H and O–H groups in total. The molecule has 19 heavy (non-hydrogen) atoms. The molecule has 2 aliphatic rings. The molecular formula is C12H16F2N2O3. The third-order valence-corrected chi connectivity index (χ3v) is 3.64. The zero-order chi connectivity index (χ0) is 14.0. The Kier molecular flexibility index (Phi) is 3.82. The van der Waals surface area contributed by atoms with Gasteiger partial charge in [0.25, 0.3) is 0 Å². The molecule has 3 amide bonds. The minimum absolute atomic E-state index is 0.131. The molecule has 1 aliphatic heterocycles. The number of nitrogens with one attached hydrogen (secondary N) is 2. The molecule has 0 spiro atoms. The first-order valence-electron chi connectivity index (χ1n) is 6.39. The van der Waals surface area contributed by atoms with Crippen LogP contribution >= 0.6 is 0 Å². The highest BCUT2D eigenvalue weighted by Crippen LogP contribution is 2.36. The topological polar surface area (TPSA) is 75.3 Å². The van der Waals surface area contributed by atoms with E-state index in [9.17, 15) is 23.2 Å². The summed E-state index contributed by atoms with van der Waals surface area (Å²) in [6.45, 7) is 0. The molecule has 1 aliphatic carbocycles. The van der Waals surface area contributed by atoms with Crippen LogP contribution in [0.2, 0.25) is 0 Å². The van der Waals surface area contributed by atoms with Crippen LogP contribution in [0.1, 0.15) is 38.5 Å². The van der Waals surface area contributed by atoms with E-state index >= 15 is 0 Å². The van der Waals surface area contributed by atoms with E-state index in [1.165, 1.54) is 0 Å². The number of halogens is 2. The van der Waals surface area contributed by atoms with Crippen molar-refractivity contribution in [3.8, 4) is 0 Å². The number of amides is 3. The summed E-state index contributed by atoms with van der Waals surface area (Å²) in [5.74, 6) is -4.39. The van der Waals surface area contributed by atoms with Gasteiger partial charge in [-0.15, -0.1) is 0 Å². The largest absolute Gasteiger partial charge is 0.344 e. The average molecular weight is 274 g/mol. The monoisotopic (exact) mass is 274 g/mol. The maximum absolute atomic E-state index is 13.0. The normalized spacial score (nSPS) is 27.8. The van der Waals surface area contributed by atoms with Gasteiger partial charge < -0.3 is 5.32 Å². The Morgan fingerprint density at radius 1 is 1.21 bits per heavy atom. The van der Waals surface area contributed by atoms with Gasteiger partial charge >= 0.3 is 0 Å².